The summed E-state index contributed by atoms with van der Waals surface area (Å²) in [5.74, 6) is -0.307. The third-order valence-electron chi connectivity index (χ3n) is 2.94. The van der Waals surface area contributed by atoms with Crippen LogP contribution in [-0.4, -0.2) is 8.42 Å². The Balaban J connectivity index is 2.21. The molecule has 0 amide bonds. The largest absolute Gasteiger partial charge is 0.381 e. The molecule has 20 heavy (non-hydrogen) atoms. The van der Waals surface area contributed by atoms with Gasteiger partial charge in [-0.05, 0) is 30.7 Å². The summed E-state index contributed by atoms with van der Waals surface area (Å²) in [6.45, 7) is 1.93. The van der Waals surface area contributed by atoms with Crippen molar-refractivity contribution in [2.24, 2.45) is 5.14 Å². The van der Waals surface area contributed by atoms with E-state index in [1.54, 1.807) is 37.3 Å². The topological polar surface area (TPSA) is 72.2 Å². The SMILES string of the molecule is Cc1ccc(NCc2ccccc2F)cc1S(N)(=O)=O. The molecule has 2 aromatic carbocycles. The van der Waals surface area contributed by atoms with Crippen molar-refractivity contribution < 1.29 is 12.8 Å². The lowest BCUT2D eigenvalue weighted by atomic mass is 10.2. The van der Waals surface area contributed by atoms with Crippen LogP contribution in [0.15, 0.2) is 47.4 Å². The summed E-state index contributed by atoms with van der Waals surface area (Å²) in [7, 11) is -3.76. The molecule has 0 fully saturated rings. The van der Waals surface area contributed by atoms with Crippen LogP contribution in [0, 0.1) is 12.7 Å². The summed E-state index contributed by atoms with van der Waals surface area (Å²) in [6, 6.07) is 11.2. The van der Waals surface area contributed by atoms with Crippen LogP contribution >= 0.6 is 0 Å². The van der Waals surface area contributed by atoms with Crippen molar-refractivity contribution in [2.75, 3.05) is 5.32 Å². The summed E-state index contributed by atoms with van der Waals surface area (Å²) < 4.78 is 36.3. The Bertz CT molecular complexity index is 730. The molecule has 0 heterocycles. The van der Waals surface area contributed by atoms with E-state index in [1.165, 1.54) is 12.1 Å². The summed E-state index contributed by atoms with van der Waals surface area (Å²) in [5, 5.41) is 8.12. The molecule has 4 nitrogen and oxygen atoms in total. The Hall–Kier alpha value is -1.92. The zero-order valence-electron chi connectivity index (χ0n) is 10.9. The third-order valence-corrected chi connectivity index (χ3v) is 3.99. The first-order chi connectivity index (χ1) is 9.38. The van der Waals surface area contributed by atoms with Crippen LogP contribution in [0.25, 0.3) is 0 Å². The summed E-state index contributed by atoms with van der Waals surface area (Å²) in [6.07, 6.45) is 0. The number of sulfonamides is 1. The van der Waals surface area contributed by atoms with Crippen molar-refractivity contribution >= 4 is 15.7 Å². The molecule has 0 saturated carbocycles. The first kappa shape index (κ1) is 14.5. The molecule has 2 rings (SSSR count). The first-order valence-corrected chi connectivity index (χ1v) is 7.53. The molecule has 0 aliphatic heterocycles. The molecule has 2 aromatic rings. The normalized spacial score (nSPS) is 11.3. The van der Waals surface area contributed by atoms with E-state index in [1.807, 2.05) is 0 Å². The highest BCUT2D eigenvalue weighted by Gasteiger charge is 2.12. The van der Waals surface area contributed by atoms with Crippen LogP contribution in [0.4, 0.5) is 10.1 Å². The molecule has 0 spiro atoms. The van der Waals surface area contributed by atoms with E-state index in [0.29, 0.717) is 16.8 Å². The van der Waals surface area contributed by atoms with Gasteiger partial charge in [0.05, 0.1) is 4.90 Å². The Morgan fingerprint density at radius 3 is 2.55 bits per heavy atom. The van der Waals surface area contributed by atoms with Gasteiger partial charge >= 0.3 is 0 Å². The van der Waals surface area contributed by atoms with Crippen LogP contribution in [0.5, 0.6) is 0 Å². The minimum Gasteiger partial charge on any atom is -0.381 e. The van der Waals surface area contributed by atoms with Gasteiger partial charge in [-0.25, -0.2) is 17.9 Å². The molecular weight excluding hydrogens is 279 g/mol. The van der Waals surface area contributed by atoms with E-state index in [2.05, 4.69) is 5.32 Å². The maximum atomic E-state index is 13.5. The van der Waals surface area contributed by atoms with Crippen molar-refractivity contribution in [1.29, 1.82) is 0 Å². The van der Waals surface area contributed by atoms with E-state index >= 15 is 0 Å². The van der Waals surface area contributed by atoms with Crippen molar-refractivity contribution in [1.82, 2.24) is 0 Å². The molecule has 0 radical (unpaired) electrons. The van der Waals surface area contributed by atoms with Crippen molar-refractivity contribution in [3.8, 4) is 0 Å². The Morgan fingerprint density at radius 2 is 1.90 bits per heavy atom. The van der Waals surface area contributed by atoms with E-state index < -0.39 is 10.0 Å². The number of nitrogens with one attached hydrogen (secondary N) is 1. The minimum absolute atomic E-state index is 0.0658. The second kappa shape index (κ2) is 5.60. The van der Waals surface area contributed by atoms with Gasteiger partial charge in [0, 0.05) is 17.8 Å². The van der Waals surface area contributed by atoms with Crippen molar-refractivity contribution in [2.45, 2.75) is 18.4 Å². The van der Waals surface area contributed by atoms with E-state index in [-0.39, 0.29) is 17.3 Å². The fourth-order valence-corrected chi connectivity index (χ4v) is 2.66. The fourth-order valence-electron chi connectivity index (χ4n) is 1.86. The predicted octanol–water partition coefficient (Wildman–Crippen LogP) is 2.39. The number of anilines is 1. The van der Waals surface area contributed by atoms with E-state index in [9.17, 15) is 12.8 Å². The lowest BCUT2D eigenvalue weighted by Crippen LogP contribution is -2.14. The van der Waals surface area contributed by atoms with Crippen molar-refractivity contribution in [3.63, 3.8) is 0 Å². The molecule has 0 bridgehead atoms. The van der Waals surface area contributed by atoms with E-state index in [0.717, 1.165) is 0 Å². The van der Waals surface area contributed by atoms with Gasteiger partial charge in [0.1, 0.15) is 5.82 Å². The average Bonchev–Trinajstić information content (AvgIpc) is 2.38. The van der Waals surface area contributed by atoms with Gasteiger partial charge in [-0.3, -0.25) is 0 Å². The monoisotopic (exact) mass is 294 g/mol. The predicted molar refractivity (Wildman–Crippen MR) is 76.3 cm³/mol. The van der Waals surface area contributed by atoms with Crippen LogP contribution in [0.2, 0.25) is 0 Å². The number of halogens is 1. The van der Waals surface area contributed by atoms with Crippen LogP contribution in [0.3, 0.4) is 0 Å². The van der Waals surface area contributed by atoms with Crippen LogP contribution < -0.4 is 10.5 Å². The third kappa shape index (κ3) is 3.34. The maximum Gasteiger partial charge on any atom is 0.238 e. The number of benzene rings is 2. The maximum absolute atomic E-state index is 13.5. The van der Waals surface area contributed by atoms with Crippen LogP contribution in [-0.2, 0) is 16.6 Å². The molecule has 6 heteroatoms. The molecule has 106 valence electrons. The molecule has 0 unspecified atom stereocenters. The van der Waals surface area contributed by atoms with Gasteiger partial charge in [0.25, 0.3) is 0 Å². The zero-order valence-corrected chi connectivity index (χ0v) is 11.7. The highest BCUT2D eigenvalue weighted by molar-refractivity contribution is 7.89. The smallest absolute Gasteiger partial charge is 0.238 e. The Kier molecular flexibility index (Phi) is 4.06. The quantitative estimate of drug-likeness (QED) is 0.909. The van der Waals surface area contributed by atoms with Gasteiger partial charge in [0.15, 0.2) is 0 Å². The second-order valence-corrected chi connectivity index (χ2v) is 6.00. The van der Waals surface area contributed by atoms with Crippen LogP contribution in [0.1, 0.15) is 11.1 Å². The molecule has 0 aromatic heterocycles. The molecule has 0 saturated heterocycles. The number of hydrogen-bond acceptors (Lipinski definition) is 3. The first-order valence-electron chi connectivity index (χ1n) is 5.98. The van der Waals surface area contributed by atoms with Gasteiger partial charge < -0.3 is 5.32 Å². The fraction of sp³-hybridized carbons (Fsp3) is 0.143. The summed E-state index contributed by atoms with van der Waals surface area (Å²) in [5.41, 5.74) is 1.65. The number of hydrogen-bond donors (Lipinski definition) is 2. The average molecular weight is 294 g/mol. The standard InChI is InChI=1S/C14H15FN2O2S/c1-10-6-7-12(8-14(10)20(16,18)19)17-9-11-4-2-3-5-13(11)15/h2-8,17H,9H2,1H3,(H2,16,18,19). The Morgan fingerprint density at radius 1 is 1.20 bits per heavy atom. The van der Waals surface area contributed by atoms with Crippen molar-refractivity contribution in [3.05, 3.63) is 59.4 Å². The lowest BCUT2D eigenvalue weighted by Gasteiger charge is -2.10. The number of nitrogens with two attached hydrogens (primary N) is 1. The summed E-state index contributed by atoms with van der Waals surface area (Å²) in [4.78, 5) is 0.0658. The van der Waals surface area contributed by atoms with E-state index in [4.69, 9.17) is 5.14 Å². The summed E-state index contributed by atoms with van der Waals surface area (Å²) >= 11 is 0. The van der Waals surface area contributed by atoms with Gasteiger partial charge in [-0.15, -0.1) is 0 Å². The molecule has 0 atom stereocenters. The molecular formula is C14H15FN2O2S. The zero-order chi connectivity index (χ0) is 14.8. The lowest BCUT2D eigenvalue weighted by molar-refractivity contribution is 0.597. The number of primary sulfonamides is 1. The van der Waals surface area contributed by atoms with Gasteiger partial charge in [-0.2, -0.15) is 0 Å². The second-order valence-electron chi connectivity index (χ2n) is 4.47. The Labute approximate surface area is 117 Å². The minimum atomic E-state index is -3.76. The number of rotatable bonds is 4. The highest BCUT2D eigenvalue weighted by atomic mass is 32.2. The molecule has 0 aliphatic rings. The molecule has 3 N–H and O–H groups in total. The van der Waals surface area contributed by atoms with Gasteiger partial charge in [-0.1, -0.05) is 24.3 Å². The van der Waals surface area contributed by atoms with Gasteiger partial charge in [0.2, 0.25) is 10.0 Å². The number of aryl methyl sites for hydroxylation is 1. The molecule has 0 aliphatic carbocycles. The highest BCUT2D eigenvalue weighted by Crippen LogP contribution is 2.20.